The number of para-hydroxylation sites is 1. The number of carboxylic acid groups (broad SMARTS) is 1. The van der Waals surface area contributed by atoms with Gasteiger partial charge in [0.25, 0.3) is 0 Å². The molecule has 0 atom stereocenters. The van der Waals surface area contributed by atoms with Gasteiger partial charge in [-0.3, -0.25) is 4.79 Å². The van der Waals surface area contributed by atoms with Crippen molar-refractivity contribution in [3.05, 3.63) is 42.2 Å². The van der Waals surface area contributed by atoms with Gasteiger partial charge in [-0.15, -0.1) is 0 Å². The zero-order valence-electron chi connectivity index (χ0n) is 14.6. The third-order valence-electron chi connectivity index (χ3n) is 4.17. The lowest BCUT2D eigenvalue weighted by Crippen LogP contribution is -2.27. The van der Waals surface area contributed by atoms with Crippen molar-refractivity contribution in [2.75, 3.05) is 11.9 Å². The molecule has 130 valence electrons. The Morgan fingerprint density at radius 2 is 2.08 bits per heavy atom. The number of aliphatic carboxylic acids is 1. The summed E-state index contributed by atoms with van der Waals surface area (Å²) in [4.78, 5) is 22.0. The molecule has 0 unspecified atom stereocenters. The predicted octanol–water partition coefficient (Wildman–Crippen LogP) is 3.75. The van der Waals surface area contributed by atoms with Crippen LogP contribution >= 0.6 is 0 Å². The number of nitrogens with zero attached hydrogens (tertiary/aromatic N) is 3. The molecule has 1 aromatic carbocycles. The van der Waals surface area contributed by atoms with Crippen LogP contribution in [0.5, 0.6) is 0 Å². The fourth-order valence-electron chi connectivity index (χ4n) is 2.53. The predicted molar refractivity (Wildman–Crippen MR) is 96.7 cm³/mol. The van der Waals surface area contributed by atoms with Crippen LogP contribution in [0.1, 0.15) is 26.0 Å². The van der Waals surface area contributed by atoms with Crippen molar-refractivity contribution in [2.24, 2.45) is 0 Å². The highest BCUT2D eigenvalue weighted by molar-refractivity contribution is 5.84. The Labute approximate surface area is 146 Å². The Balaban J connectivity index is 2.06. The van der Waals surface area contributed by atoms with Crippen molar-refractivity contribution in [2.45, 2.75) is 32.7 Å². The van der Waals surface area contributed by atoms with Gasteiger partial charge in [0.05, 0.1) is 12.1 Å². The molecule has 0 bridgehead atoms. The molecule has 2 heterocycles. The summed E-state index contributed by atoms with van der Waals surface area (Å²) in [5.41, 5.74) is 2.11. The highest BCUT2D eigenvalue weighted by atomic mass is 16.4. The van der Waals surface area contributed by atoms with Gasteiger partial charge in [0.15, 0.2) is 11.6 Å². The highest BCUT2D eigenvalue weighted by Gasteiger charge is 2.19. The molecule has 0 aliphatic carbocycles. The average Bonchev–Trinajstić information content (AvgIpc) is 3.02. The van der Waals surface area contributed by atoms with E-state index in [-0.39, 0.29) is 12.5 Å². The van der Waals surface area contributed by atoms with Crippen LogP contribution in [0.25, 0.3) is 22.4 Å². The van der Waals surface area contributed by atoms with E-state index in [0.717, 1.165) is 11.0 Å². The van der Waals surface area contributed by atoms with Gasteiger partial charge in [-0.1, -0.05) is 18.2 Å². The molecule has 0 amide bonds. The Morgan fingerprint density at radius 3 is 2.76 bits per heavy atom. The standard InChI is InChI=1S/C19H21N3O3/c1-12(2)22(3)19-18(20-11-14(21-19)8-9-17(23)24)16-10-13-6-4-5-7-15(13)25-16/h4-7,10-12H,8-9H2,1-3H3,(H,23,24). The number of hydrogen-bond donors (Lipinski definition) is 1. The normalized spacial score (nSPS) is 11.2. The number of carboxylic acids is 1. The highest BCUT2D eigenvalue weighted by Crippen LogP contribution is 2.32. The molecule has 0 spiro atoms. The van der Waals surface area contributed by atoms with Crippen LogP contribution in [0.4, 0.5) is 5.82 Å². The summed E-state index contributed by atoms with van der Waals surface area (Å²) in [6.07, 6.45) is 2.01. The number of rotatable bonds is 6. The van der Waals surface area contributed by atoms with Gasteiger partial charge in [-0.2, -0.15) is 0 Å². The number of carbonyl (C=O) groups is 1. The van der Waals surface area contributed by atoms with Gasteiger partial charge in [-0.25, -0.2) is 9.97 Å². The summed E-state index contributed by atoms with van der Waals surface area (Å²) in [6.45, 7) is 4.13. The monoisotopic (exact) mass is 339 g/mol. The molecule has 3 aromatic rings. The van der Waals surface area contributed by atoms with Crippen LogP contribution in [0.15, 0.2) is 40.9 Å². The van der Waals surface area contributed by atoms with Gasteiger partial charge in [0.1, 0.15) is 11.3 Å². The fourth-order valence-corrected chi connectivity index (χ4v) is 2.53. The van der Waals surface area contributed by atoms with Crippen LogP contribution < -0.4 is 4.90 Å². The number of anilines is 1. The first kappa shape index (κ1) is 17.0. The Bertz CT molecular complexity index is 869. The number of hydrogen-bond acceptors (Lipinski definition) is 5. The van der Waals surface area contributed by atoms with Gasteiger partial charge in [0.2, 0.25) is 0 Å². The van der Waals surface area contributed by atoms with E-state index in [0.29, 0.717) is 29.4 Å². The topological polar surface area (TPSA) is 79.5 Å². The molecule has 25 heavy (non-hydrogen) atoms. The number of benzene rings is 1. The summed E-state index contributed by atoms with van der Waals surface area (Å²) in [5.74, 6) is 0.500. The molecule has 0 aliphatic rings. The van der Waals surface area contributed by atoms with E-state index in [4.69, 9.17) is 9.52 Å². The Hall–Kier alpha value is -2.89. The van der Waals surface area contributed by atoms with Crippen molar-refractivity contribution in [1.82, 2.24) is 9.97 Å². The third kappa shape index (κ3) is 3.63. The molecule has 2 aromatic heterocycles. The van der Waals surface area contributed by atoms with Crippen LogP contribution in [0.2, 0.25) is 0 Å². The Morgan fingerprint density at radius 1 is 1.32 bits per heavy atom. The molecular formula is C19H21N3O3. The third-order valence-corrected chi connectivity index (χ3v) is 4.17. The van der Waals surface area contributed by atoms with E-state index < -0.39 is 5.97 Å². The number of fused-ring (bicyclic) bond motifs is 1. The largest absolute Gasteiger partial charge is 0.481 e. The van der Waals surface area contributed by atoms with Crippen LogP contribution in [-0.4, -0.2) is 34.1 Å². The van der Waals surface area contributed by atoms with Crippen LogP contribution in [-0.2, 0) is 11.2 Å². The van der Waals surface area contributed by atoms with Crippen molar-refractivity contribution in [3.8, 4) is 11.5 Å². The van der Waals surface area contributed by atoms with Crippen molar-refractivity contribution >= 4 is 22.8 Å². The van der Waals surface area contributed by atoms with Crippen LogP contribution in [0.3, 0.4) is 0 Å². The van der Waals surface area contributed by atoms with Gasteiger partial charge >= 0.3 is 5.97 Å². The summed E-state index contributed by atoms with van der Waals surface area (Å²) >= 11 is 0. The number of aryl methyl sites for hydroxylation is 1. The molecular weight excluding hydrogens is 318 g/mol. The Kier molecular flexibility index (Phi) is 4.70. The minimum absolute atomic E-state index is 0.0312. The van der Waals surface area contributed by atoms with E-state index in [9.17, 15) is 4.79 Å². The molecule has 3 rings (SSSR count). The second-order valence-corrected chi connectivity index (χ2v) is 6.28. The summed E-state index contributed by atoms with van der Waals surface area (Å²) in [7, 11) is 1.95. The van der Waals surface area contributed by atoms with Gasteiger partial charge < -0.3 is 14.4 Å². The lowest BCUT2D eigenvalue weighted by Gasteiger charge is -2.24. The minimum atomic E-state index is -0.845. The molecule has 6 heteroatoms. The number of aromatic nitrogens is 2. The van der Waals surface area contributed by atoms with Crippen molar-refractivity contribution in [3.63, 3.8) is 0 Å². The fraction of sp³-hybridized carbons (Fsp3) is 0.316. The lowest BCUT2D eigenvalue weighted by atomic mass is 10.2. The van der Waals surface area contributed by atoms with E-state index in [1.165, 1.54) is 0 Å². The number of furan rings is 1. The maximum absolute atomic E-state index is 10.8. The summed E-state index contributed by atoms with van der Waals surface area (Å²) < 4.78 is 5.94. The van der Waals surface area contributed by atoms with E-state index >= 15 is 0 Å². The maximum Gasteiger partial charge on any atom is 0.303 e. The molecule has 6 nitrogen and oxygen atoms in total. The van der Waals surface area contributed by atoms with Crippen molar-refractivity contribution < 1.29 is 14.3 Å². The lowest BCUT2D eigenvalue weighted by molar-refractivity contribution is -0.136. The molecule has 0 fully saturated rings. The zero-order chi connectivity index (χ0) is 18.0. The quantitative estimate of drug-likeness (QED) is 0.737. The van der Waals surface area contributed by atoms with Gasteiger partial charge in [-0.05, 0) is 26.0 Å². The van der Waals surface area contributed by atoms with Gasteiger partial charge in [0, 0.05) is 31.1 Å². The second kappa shape index (κ2) is 6.93. The molecule has 1 N–H and O–H groups in total. The second-order valence-electron chi connectivity index (χ2n) is 6.28. The first-order chi connectivity index (χ1) is 12.0. The molecule has 0 aliphatic heterocycles. The molecule has 0 radical (unpaired) electrons. The molecule has 0 saturated heterocycles. The first-order valence-electron chi connectivity index (χ1n) is 8.25. The smallest absolute Gasteiger partial charge is 0.303 e. The van der Waals surface area contributed by atoms with Crippen LogP contribution in [0, 0.1) is 0 Å². The maximum atomic E-state index is 10.8. The van der Waals surface area contributed by atoms with E-state index in [1.54, 1.807) is 6.20 Å². The van der Waals surface area contributed by atoms with E-state index in [2.05, 4.69) is 23.8 Å². The summed E-state index contributed by atoms with van der Waals surface area (Å²) in [6, 6.07) is 9.96. The first-order valence-corrected chi connectivity index (χ1v) is 8.25. The van der Waals surface area contributed by atoms with E-state index in [1.807, 2.05) is 42.3 Å². The SMILES string of the molecule is CC(C)N(C)c1nc(CCC(=O)O)cnc1-c1cc2ccccc2o1. The average molecular weight is 339 g/mol. The summed E-state index contributed by atoms with van der Waals surface area (Å²) in [5, 5.41) is 9.89. The minimum Gasteiger partial charge on any atom is -0.481 e. The van der Waals surface area contributed by atoms with Crippen molar-refractivity contribution in [1.29, 1.82) is 0 Å². The molecule has 0 saturated carbocycles. The zero-order valence-corrected chi connectivity index (χ0v) is 14.6.